The lowest BCUT2D eigenvalue weighted by Gasteiger charge is -2.31. The Labute approximate surface area is 193 Å². The van der Waals surface area contributed by atoms with Gasteiger partial charge in [-0.25, -0.2) is 4.39 Å². The van der Waals surface area contributed by atoms with Crippen LogP contribution < -0.4 is 15.4 Å². The van der Waals surface area contributed by atoms with Crippen molar-refractivity contribution in [2.75, 3.05) is 25.3 Å². The van der Waals surface area contributed by atoms with Crippen LogP contribution in [0.5, 0.6) is 5.75 Å². The van der Waals surface area contributed by atoms with Gasteiger partial charge in [-0.2, -0.15) is 5.26 Å². The van der Waals surface area contributed by atoms with E-state index in [0.29, 0.717) is 11.4 Å². The van der Waals surface area contributed by atoms with E-state index in [4.69, 9.17) is 9.47 Å². The van der Waals surface area contributed by atoms with Crippen LogP contribution >= 0.6 is 11.8 Å². The Morgan fingerprint density at radius 3 is 2.48 bits per heavy atom. The van der Waals surface area contributed by atoms with Gasteiger partial charge in [0.05, 0.1) is 36.6 Å². The molecule has 8 nitrogen and oxygen atoms in total. The highest BCUT2D eigenvalue weighted by Crippen LogP contribution is 2.41. The van der Waals surface area contributed by atoms with Crippen LogP contribution in [0.3, 0.4) is 0 Å². The minimum absolute atomic E-state index is 0.0140. The standard InChI is InChI=1S/C23H20FN3O5S/c1-31-14-9-7-13(8-10-14)26-18(28)12-33-22-16(11-25)19(15-5-3-4-6-17(15)24)20(21(29)27-22)23(30)32-2/h3-10,19-20H,12H2,1-2H3,(H,26,28)(H,27,29). The number of ether oxygens (including phenoxy) is 2. The van der Waals surface area contributed by atoms with Crippen molar-refractivity contribution in [3.05, 3.63) is 70.5 Å². The van der Waals surface area contributed by atoms with Crippen LogP contribution in [0.25, 0.3) is 0 Å². The summed E-state index contributed by atoms with van der Waals surface area (Å²) >= 11 is 0.908. The van der Waals surface area contributed by atoms with E-state index in [1.807, 2.05) is 6.07 Å². The second-order valence-electron chi connectivity index (χ2n) is 6.91. The van der Waals surface area contributed by atoms with E-state index in [1.165, 1.54) is 25.3 Å². The van der Waals surface area contributed by atoms with Crippen LogP contribution in [0.4, 0.5) is 10.1 Å². The number of esters is 1. The number of nitrogens with one attached hydrogen (secondary N) is 2. The molecule has 0 saturated carbocycles. The summed E-state index contributed by atoms with van der Waals surface area (Å²) in [7, 11) is 2.64. The number of carbonyl (C=O) groups is 3. The smallest absolute Gasteiger partial charge is 0.319 e. The molecule has 2 unspecified atom stereocenters. The fourth-order valence-corrected chi connectivity index (χ4v) is 4.24. The lowest BCUT2D eigenvalue weighted by atomic mass is 9.78. The Morgan fingerprint density at radius 1 is 1.18 bits per heavy atom. The van der Waals surface area contributed by atoms with Gasteiger partial charge in [-0.1, -0.05) is 30.0 Å². The molecule has 0 saturated heterocycles. The van der Waals surface area contributed by atoms with Crippen molar-refractivity contribution in [2.45, 2.75) is 5.92 Å². The largest absolute Gasteiger partial charge is 0.497 e. The van der Waals surface area contributed by atoms with Crippen molar-refractivity contribution < 1.29 is 28.2 Å². The van der Waals surface area contributed by atoms with Crippen LogP contribution in [-0.2, 0) is 19.1 Å². The molecule has 0 radical (unpaired) electrons. The van der Waals surface area contributed by atoms with Crippen LogP contribution in [0.1, 0.15) is 11.5 Å². The van der Waals surface area contributed by atoms with Crippen molar-refractivity contribution in [3.8, 4) is 11.8 Å². The summed E-state index contributed by atoms with van der Waals surface area (Å²) in [4.78, 5) is 37.5. The molecule has 2 atom stereocenters. The number of nitrogens with zero attached hydrogens (tertiary/aromatic N) is 1. The van der Waals surface area contributed by atoms with Gasteiger partial charge < -0.3 is 20.1 Å². The first-order valence-electron chi connectivity index (χ1n) is 9.73. The molecule has 0 fully saturated rings. The highest BCUT2D eigenvalue weighted by Gasteiger charge is 2.45. The first-order valence-corrected chi connectivity index (χ1v) is 10.7. The zero-order valence-corrected chi connectivity index (χ0v) is 18.6. The van der Waals surface area contributed by atoms with Gasteiger partial charge in [0.1, 0.15) is 17.5 Å². The molecule has 0 bridgehead atoms. The maximum Gasteiger partial charge on any atom is 0.319 e. The molecular weight excluding hydrogens is 449 g/mol. The average molecular weight is 469 g/mol. The van der Waals surface area contributed by atoms with Crippen molar-refractivity contribution in [1.82, 2.24) is 5.32 Å². The van der Waals surface area contributed by atoms with Gasteiger partial charge in [0.2, 0.25) is 11.8 Å². The molecule has 3 rings (SSSR count). The number of nitriles is 1. The third-order valence-electron chi connectivity index (χ3n) is 4.95. The van der Waals surface area contributed by atoms with Crippen molar-refractivity contribution in [1.29, 1.82) is 5.26 Å². The number of hydrogen-bond donors (Lipinski definition) is 2. The molecule has 2 aromatic rings. The van der Waals surface area contributed by atoms with Gasteiger partial charge >= 0.3 is 5.97 Å². The zero-order valence-electron chi connectivity index (χ0n) is 17.8. The quantitative estimate of drug-likeness (QED) is 0.473. The molecule has 1 heterocycles. The van der Waals surface area contributed by atoms with E-state index in [-0.39, 0.29) is 27.8 Å². The number of thioether (sulfide) groups is 1. The van der Waals surface area contributed by atoms with Crippen molar-refractivity contribution in [2.24, 2.45) is 5.92 Å². The normalized spacial score (nSPS) is 17.6. The fourth-order valence-electron chi connectivity index (χ4n) is 3.39. The minimum atomic E-state index is -1.45. The monoisotopic (exact) mass is 469 g/mol. The average Bonchev–Trinajstić information content (AvgIpc) is 2.82. The van der Waals surface area contributed by atoms with Gasteiger partial charge in [-0.3, -0.25) is 14.4 Å². The molecule has 0 aromatic heterocycles. The lowest BCUT2D eigenvalue weighted by Crippen LogP contribution is -2.44. The molecule has 2 N–H and O–H groups in total. The van der Waals surface area contributed by atoms with Gasteiger partial charge in [0.15, 0.2) is 0 Å². The molecule has 1 aliphatic heterocycles. The van der Waals surface area contributed by atoms with Crippen molar-refractivity contribution >= 4 is 35.2 Å². The van der Waals surface area contributed by atoms with Gasteiger partial charge in [-0.05, 0) is 35.9 Å². The minimum Gasteiger partial charge on any atom is -0.497 e. The summed E-state index contributed by atoms with van der Waals surface area (Å²) in [5, 5.41) is 15.1. The first kappa shape index (κ1) is 23.8. The predicted molar refractivity (Wildman–Crippen MR) is 120 cm³/mol. The van der Waals surface area contributed by atoms with E-state index < -0.39 is 29.5 Å². The van der Waals surface area contributed by atoms with E-state index in [9.17, 15) is 24.0 Å². The van der Waals surface area contributed by atoms with Gasteiger partial charge in [0.25, 0.3) is 0 Å². The molecular formula is C23H20FN3O5S. The third-order valence-corrected chi connectivity index (χ3v) is 5.96. The van der Waals surface area contributed by atoms with Gasteiger partial charge in [0, 0.05) is 11.6 Å². The van der Waals surface area contributed by atoms with Crippen LogP contribution in [0.15, 0.2) is 59.1 Å². The molecule has 2 amide bonds. The van der Waals surface area contributed by atoms with Gasteiger partial charge in [-0.15, -0.1) is 0 Å². The first-order chi connectivity index (χ1) is 15.9. The SMILES string of the molecule is COC(=O)C1C(=O)NC(SCC(=O)Nc2ccc(OC)cc2)=C(C#N)C1c1ccccc1F. The number of amides is 2. The number of anilines is 1. The molecule has 2 aromatic carbocycles. The summed E-state index contributed by atoms with van der Waals surface area (Å²) in [6.07, 6.45) is 0. The molecule has 0 spiro atoms. The molecule has 1 aliphatic rings. The predicted octanol–water partition coefficient (Wildman–Crippen LogP) is 2.94. The Balaban J connectivity index is 1.87. The number of rotatable bonds is 7. The number of methoxy groups -OCH3 is 2. The third kappa shape index (κ3) is 5.32. The van der Waals surface area contributed by atoms with Crippen LogP contribution in [0.2, 0.25) is 0 Å². The Hall–Kier alpha value is -3.84. The second-order valence-corrected chi connectivity index (χ2v) is 7.89. The van der Waals surface area contributed by atoms with E-state index in [0.717, 1.165) is 18.9 Å². The Kier molecular flexibility index (Phi) is 7.69. The number of halogens is 1. The number of hydrogen-bond acceptors (Lipinski definition) is 7. The summed E-state index contributed by atoms with van der Waals surface area (Å²) in [6, 6.07) is 14.3. The van der Waals surface area contributed by atoms with Crippen LogP contribution in [-0.4, -0.2) is 37.8 Å². The molecule has 0 aliphatic carbocycles. The van der Waals surface area contributed by atoms with Crippen molar-refractivity contribution in [3.63, 3.8) is 0 Å². The molecule has 170 valence electrons. The summed E-state index contributed by atoms with van der Waals surface area (Å²) in [6.45, 7) is 0. The Bertz CT molecular complexity index is 1140. The maximum absolute atomic E-state index is 14.6. The Morgan fingerprint density at radius 2 is 1.88 bits per heavy atom. The number of allylic oxidation sites excluding steroid dienone is 1. The number of benzene rings is 2. The second kappa shape index (κ2) is 10.7. The molecule has 10 heteroatoms. The topological polar surface area (TPSA) is 118 Å². The summed E-state index contributed by atoms with van der Waals surface area (Å²) in [5.74, 6) is -4.83. The number of carbonyl (C=O) groups excluding carboxylic acids is 3. The van der Waals surface area contributed by atoms with E-state index >= 15 is 0 Å². The zero-order chi connectivity index (χ0) is 24.0. The van der Waals surface area contributed by atoms with E-state index in [1.54, 1.807) is 30.3 Å². The summed E-state index contributed by atoms with van der Waals surface area (Å²) in [5.41, 5.74) is 0.524. The fraction of sp³-hybridized carbons (Fsp3) is 0.217. The van der Waals surface area contributed by atoms with Crippen LogP contribution in [0, 0.1) is 23.1 Å². The highest BCUT2D eigenvalue weighted by molar-refractivity contribution is 8.03. The lowest BCUT2D eigenvalue weighted by molar-refractivity contribution is -0.150. The molecule has 33 heavy (non-hydrogen) atoms. The van der Waals surface area contributed by atoms with E-state index in [2.05, 4.69) is 10.6 Å². The maximum atomic E-state index is 14.6. The summed E-state index contributed by atoms with van der Waals surface area (Å²) < 4.78 is 24.4. The highest BCUT2D eigenvalue weighted by atomic mass is 32.2.